The lowest BCUT2D eigenvalue weighted by atomic mass is 9.91. The molecule has 236 valence electrons. The van der Waals surface area contributed by atoms with E-state index in [1.807, 2.05) is 0 Å². The first-order chi connectivity index (χ1) is 21.2. The number of nitrogens with zero attached hydrogens (tertiary/aromatic N) is 3. The fourth-order valence-electron chi connectivity index (χ4n) is 6.39. The van der Waals surface area contributed by atoms with Crippen LogP contribution in [0, 0.1) is 30.5 Å². The first-order valence-electron chi connectivity index (χ1n) is 14.4. The van der Waals surface area contributed by atoms with Crippen molar-refractivity contribution in [3.63, 3.8) is 0 Å². The van der Waals surface area contributed by atoms with Gasteiger partial charge in [-0.1, -0.05) is 12.6 Å². The number of halogens is 1. The second-order valence-electron chi connectivity index (χ2n) is 11.6. The highest BCUT2D eigenvalue weighted by Crippen LogP contribution is 2.43. The number of nitrogen functional groups attached to an aromatic ring is 1. The normalized spacial score (nSPS) is 19.6. The van der Waals surface area contributed by atoms with E-state index in [-0.39, 0.29) is 64.2 Å². The number of piperazine rings is 1. The van der Waals surface area contributed by atoms with Crippen molar-refractivity contribution in [3.05, 3.63) is 76.9 Å². The van der Waals surface area contributed by atoms with Crippen LogP contribution >= 0.6 is 0 Å². The predicted molar refractivity (Wildman–Crippen MR) is 173 cm³/mol. The number of anilines is 3. The van der Waals surface area contributed by atoms with Gasteiger partial charge in [0.15, 0.2) is 15.7 Å². The van der Waals surface area contributed by atoms with Crippen LogP contribution in [-0.2, 0) is 14.6 Å². The van der Waals surface area contributed by atoms with Gasteiger partial charge in [0.1, 0.15) is 10.7 Å². The van der Waals surface area contributed by atoms with Gasteiger partial charge in [0.25, 0.3) is 0 Å². The van der Waals surface area contributed by atoms with Gasteiger partial charge < -0.3 is 31.4 Å². The van der Waals surface area contributed by atoms with Gasteiger partial charge in [-0.15, -0.1) is 0 Å². The summed E-state index contributed by atoms with van der Waals surface area (Å²) in [7, 11) is -4.43. The van der Waals surface area contributed by atoms with Crippen molar-refractivity contribution in [2.24, 2.45) is 0 Å². The molecule has 2 aromatic carbocycles. The standard InChI is InChI=1S/C32H36FN7O4S/c1-6-25(42)39-13-18(4)40-20(14-39)15-45(43,44)31-27(32(40)36)24(38-29-17(3)9-10-37-30(29)19(5)41)11-21(28(31)33)26-16(2)7-8-23(35)22(26)12-34/h6-12,18-20,34,36,38,41H,1,13-15,35H2,2-5H3. The number of nitrogens with two attached hydrogens (primary N) is 1. The molecule has 1 saturated heterocycles. The summed E-state index contributed by atoms with van der Waals surface area (Å²) in [5.74, 6) is -2.20. The van der Waals surface area contributed by atoms with Gasteiger partial charge in [-0.25, -0.2) is 12.8 Å². The Morgan fingerprint density at radius 3 is 2.60 bits per heavy atom. The molecule has 0 radical (unpaired) electrons. The van der Waals surface area contributed by atoms with Crippen molar-refractivity contribution in [1.29, 1.82) is 10.8 Å². The topological polar surface area (TPSA) is 177 Å². The van der Waals surface area contributed by atoms with Crippen LogP contribution < -0.4 is 11.1 Å². The zero-order valence-corrected chi connectivity index (χ0v) is 26.3. The highest BCUT2D eigenvalue weighted by Gasteiger charge is 2.45. The van der Waals surface area contributed by atoms with Crippen LogP contribution in [0.15, 0.2) is 48.0 Å². The van der Waals surface area contributed by atoms with E-state index in [4.69, 9.17) is 11.1 Å². The summed E-state index contributed by atoms with van der Waals surface area (Å²) < 4.78 is 45.5. The van der Waals surface area contributed by atoms with Gasteiger partial charge in [-0.3, -0.25) is 15.2 Å². The fourth-order valence-corrected chi connectivity index (χ4v) is 8.23. The van der Waals surface area contributed by atoms with Crippen molar-refractivity contribution < 1.29 is 22.7 Å². The number of amidine groups is 1. The maximum Gasteiger partial charge on any atom is 0.246 e. The largest absolute Gasteiger partial charge is 0.398 e. The Balaban J connectivity index is 1.85. The number of nitrogens with one attached hydrogen (secondary N) is 3. The molecule has 1 fully saturated rings. The van der Waals surface area contributed by atoms with Crippen LogP contribution in [0.5, 0.6) is 0 Å². The molecular weight excluding hydrogens is 597 g/mol. The summed E-state index contributed by atoms with van der Waals surface area (Å²) in [6.45, 7) is 10.6. The van der Waals surface area contributed by atoms with Crippen LogP contribution in [-0.4, -0.2) is 77.2 Å². The van der Waals surface area contributed by atoms with E-state index in [1.54, 1.807) is 50.8 Å². The second-order valence-corrected chi connectivity index (χ2v) is 13.5. The van der Waals surface area contributed by atoms with E-state index in [0.717, 1.165) is 12.3 Å². The highest BCUT2D eigenvalue weighted by molar-refractivity contribution is 7.91. The Kier molecular flexibility index (Phi) is 8.27. The van der Waals surface area contributed by atoms with Crippen molar-refractivity contribution in [1.82, 2.24) is 14.8 Å². The number of fused-ring (bicyclic) bond motifs is 2. The lowest BCUT2D eigenvalue weighted by Gasteiger charge is -2.45. The predicted octanol–water partition coefficient (Wildman–Crippen LogP) is 4.08. The van der Waals surface area contributed by atoms with Crippen LogP contribution in [0.25, 0.3) is 11.1 Å². The van der Waals surface area contributed by atoms with E-state index in [2.05, 4.69) is 16.9 Å². The molecule has 0 spiro atoms. The summed E-state index contributed by atoms with van der Waals surface area (Å²) in [4.78, 5) is 19.3. The quantitative estimate of drug-likeness (QED) is 0.153. The number of sulfone groups is 1. The number of rotatable bonds is 6. The molecule has 0 aliphatic carbocycles. The molecule has 13 heteroatoms. The molecule has 6 N–H and O–H groups in total. The van der Waals surface area contributed by atoms with Crippen LogP contribution in [0.1, 0.15) is 47.9 Å². The summed E-state index contributed by atoms with van der Waals surface area (Å²) in [5, 5.41) is 31.2. The van der Waals surface area contributed by atoms with E-state index in [9.17, 15) is 23.7 Å². The Morgan fingerprint density at radius 1 is 1.24 bits per heavy atom. The third-order valence-corrected chi connectivity index (χ3v) is 10.3. The second kappa shape index (κ2) is 11.7. The van der Waals surface area contributed by atoms with Crippen LogP contribution in [0.2, 0.25) is 0 Å². The molecule has 2 aliphatic heterocycles. The number of aryl methyl sites for hydroxylation is 2. The van der Waals surface area contributed by atoms with Gasteiger partial charge in [0.05, 0.1) is 40.5 Å². The number of aliphatic hydroxyl groups excluding tert-OH is 1. The average Bonchev–Trinajstić information content (AvgIpc) is 3.07. The number of aliphatic hydroxyl groups is 1. The average molecular weight is 634 g/mol. The zero-order chi connectivity index (χ0) is 33.0. The van der Waals surface area contributed by atoms with Crippen molar-refractivity contribution >= 4 is 44.9 Å². The van der Waals surface area contributed by atoms with Gasteiger partial charge in [-0.05, 0) is 68.7 Å². The number of benzene rings is 2. The number of pyridine rings is 1. The molecule has 1 amide bonds. The third kappa shape index (κ3) is 5.35. The number of aromatic nitrogens is 1. The number of hydrogen-bond donors (Lipinski definition) is 5. The Morgan fingerprint density at radius 2 is 1.96 bits per heavy atom. The van der Waals surface area contributed by atoms with Gasteiger partial charge in [0.2, 0.25) is 5.91 Å². The van der Waals surface area contributed by atoms with Gasteiger partial charge in [0, 0.05) is 48.4 Å². The molecule has 11 nitrogen and oxygen atoms in total. The smallest absolute Gasteiger partial charge is 0.246 e. The van der Waals surface area contributed by atoms with E-state index in [1.165, 1.54) is 17.2 Å². The molecule has 3 aromatic rings. The first-order valence-corrected chi connectivity index (χ1v) is 16.0. The molecule has 3 unspecified atom stereocenters. The molecule has 0 saturated carbocycles. The van der Waals surface area contributed by atoms with E-state index < -0.39 is 44.5 Å². The monoisotopic (exact) mass is 633 g/mol. The summed E-state index contributed by atoms with van der Waals surface area (Å²) >= 11 is 0. The number of carbonyl (C=O) groups is 1. The van der Waals surface area contributed by atoms with E-state index >= 15 is 4.39 Å². The molecule has 3 heterocycles. The maximum atomic E-state index is 17.0. The van der Waals surface area contributed by atoms with Crippen molar-refractivity contribution in [3.8, 4) is 11.1 Å². The number of carbonyl (C=O) groups excluding carboxylic acids is 1. The Bertz CT molecular complexity index is 1880. The maximum absolute atomic E-state index is 17.0. The van der Waals surface area contributed by atoms with Crippen molar-refractivity contribution in [2.75, 3.05) is 29.9 Å². The molecule has 3 atom stereocenters. The minimum atomic E-state index is -4.43. The van der Waals surface area contributed by atoms with Crippen molar-refractivity contribution in [2.45, 2.75) is 50.8 Å². The summed E-state index contributed by atoms with van der Waals surface area (Å²) in [6, 6.07) is 5.07. The molecule has 45 heavy (non-hydrogen) atoms. The summed E-state index contributed by atoms with van der Waals surface area (Å²) in [5.41, 5.74) is 8.54. The Labute approximate surface area is 261 Å². The molecule has 0 bridgehead atoms. The lowest BCUT2D eigenvalue weighted by Crippen LogP contribution is -2.61. The lowest BCUT2D eigenvalue weighted by molar-refractivity contribution is -0.129. The first kappa shape index (κ1) is 31.8. The molecule has 5 rings (SSSR count). The van der Waals surface area contributed by atoms with Gasteiger partial charge in [-0.2, -0.15) is 0 Å². The van der Waals surface area contributed by atoms with Crippen LogP contribution in [0.4, 0.5) is 21.5 Å². The minimum absolute atomic E-state index is 0.00218. The Hall–Kier alpha value is -4.62. The van der Waals surface area contributed by atoms with Crippen LogP contribution in [0.3, 0.4) is 0 Å². The number of hydrogen-bond acceptors (Lipinski definition) is 9. The molecule has 2 aliphatic rings. The van der Waals surface area contributed by atoms with E-state index in [0.29, 0.717) is 16.8 Å². The summed E-state index contributed by atoms with van der Waals surface area (Å²) in [6.07, 6.45) is 2.69. The third-order valence-electron chi connectivity index (χ3n) is 8.45. The highest BCUT2D eigenvalue weighted by atomic mass is 32.2. The van der Waals surface area contributed by atoms with Gasteiger partial charge >= 0.3 is 0 Å². The zero-order valence-electron chi connectivity index (χ0n) is 25.5. The minimum Gasteiger partial charge on any atom is -0.398 e. The fraction of sp³-hybridized carbons (Fsp3) is 0.312. The molecule has 1 aromatic heterocycles. The SMILES string of the molecule is C=CC(=O)N1CC(C)N2C(=N)c3c(Nc4c(C)ccnc4C(C)O)cc(-c4c(C)ccc(N)c4C=N)c(F)c3S(=O)(=O)CC2C1. The molecular formula is C32H36FN7O4S. The number of amides is 1.